The molecule has 104 valence electrons. The SMILES string of the molecule is COc1c(C)ccc(SC)c1C1CC(C(=O)O)CN1. The van der Waals surface area contributed by atoms with Gasteiger partial charge in [-0.2, -0.15) is 0 Å². The Morgan fingerprint density at radius 2 is 2.26 bits per heavy atom. The molecule has 1 aliphatic heterocycles. The Kier molecular flexibility index (Phi) is 4.37. The van der Waals surface area contributed by atoms with Gasteiger partial charge in [0.15, 0.2) is 0 Å². The fraction of sp³-hybridized carbons (Fsp3) is 0.500. The van der Waals surface area contributed by atoms with E-state index in [1.54, 1.807) is 18.9 Å². The lowest BCUT2D eigenvalue weighted by molar-refractivity contribution is -0.141. The minimum absolute atomic E-state index is 0.0541. The highest BCUT2D eigenvalue weighted by Crippen LogP contribution is 2.40. The van der Waals surface area contributed by atoms with Crippen LogP contribution in [0, 0.1) is 12.8 Å². The second kappa shape index (κ2) is 5.84. The maximum absolute atomic E-state index is 11.1. The van der Waals surface area contributed by atoms with E-state index in [1.165, 1.54) is 0 Å². The molecule has 2 unspecified atom stereocenters. The summed E-state index contributed by atoms with van der Waals surface area (Å²) < 4.78 is 5.53. The van der Waals surface area contributed by atoms with Crippen molar-refractivity contribution in [1.29, 1.82) is 0 Å². The number of methoxy groups -OCH3 is 1. The molecule has 5 heteroatoms. The predicted molar refractivity (Wildman–Crippen MR) is 76.0 cm³/mol. The van der Waals surface area contributed by atoms with Gasteiger partial charge >= 0.3 is 5.97 Å². The third-order valence-electron chi connectivity index (χ3n) is 3.61. The fourth-order valence-corrected chi connectivity index (χ4v) is 3.27. The number of aliphatic carboxylic acids is 1. The minimum Gasteiger partial charge on any atom is -0.496 e. The Balaban J connectivity index is 2.38. The molecule has 4 nitrogen and oxygen atoms in total. The number of carboxylic acid groups (broad SMARTS) is 1. The molecular formula is C14H19NO3S. The van der Waals surface area contributed by atoms with E-state index < -0.39 is 5.97 Å². The van der Waals surface area contributed by atoms with Crippen LogP contribution in [-0.2, 0) is 4.79 Å². The first kappa shape index (κ1) is 14.2. The Labute approximate surface area is 117 Å². The van der Waals surface area contributed by atoms with Crippen molar-refractivity contribution in [2.45, 2.75) is 24.3 Å². The molecule has 1 aromatic carbocycles. The van der Waals surface area contributed by atoms with Gasteiger partial charge in [0.2, 0.25) is 0 Å². The fourth-order valence-electron chi connectivity index (χ4n) is 2.61. The van der Waals surface area contributed by atoms with Crippen molar-refractivity contribution in [3.63, 3.8) is 0 Å². The van der Waals surface area contributed by atoms with Crippen molar-refractivity contribution >= 4 is 17.7 Å². The molecule has 2 N–H and O–H groups in total. The summed E-state index contributed by atoms with van der Waals surface area (Å²) in [6, 6.07) is 4.17. The van der Waals surface area contributed by atoms with Gasteiger partial charge in [-0.3, -0.25) is 4.79 Å². The Hall–Kier alpha value is -1.20. The van der Waals surface area contributed by atoms with E-state index in [1.807, 2.05) is 19.2 Å². The number of aryl methyl sites for hydroxylation is 1. The normalized spacial score (nSPS) is 22.5. The van der Waals surface area contributed by atoms with Crippen LogP contribution in [0.4, 0.5) is 0 Å². The highest BCUT2D eigenvalue weighted by Gasteiger charge is 2.33. The Morgan fingerprint density at radius 1 is 1.53 bits per heavy atom. The number of benzene rings is 1. The molecule has 1 heterocycles. The summed E-state index contributed by atoms with van der Waals surface area (Å²) in [6.07, 6.45) is 2.64. The van der Waals surface area contributed by atoms with Crippen LogP contribution in [-0.4, -0.2) is 31.0 Å². The summed E-state index contributed by atoms with van der Waals surface area (Å²) in [5, 5.41) is 12.4. The zero-order chi connectivity index (χ0) is 14.0. The van der Waals surface area contributed by atoms with Crippen molar-refractivity contribution in [3.8, 4) is 5.75 Å². The van der Waals surface area contributed by atoms with Crippen LogP contribution in [0.5, 0.6) is 5.75 Å². The number of nitrogens with one attached hydrogen (secondary N) is 1. The Bertz CT molecular complexity index is 490. The number of hydrogen-bond donors (Lipinski definition) is 2. The lowest BCUT2D eigenvalue weighted by atomic mass is 9.97. The highest BCUT2D eigenvalue weighted by molar-refractivity contribution is 7.98. The molecule has 0 spiro atoms. The number of carbonyl (C=O) groups is 1. The smallest absolute Gasteiger partial charge is 0.307 e. The molecule has 0 aliphatic carbocycles. The molecule has 0 amide bonds. The van der Waals surface area contributed by atoms with Crippen molar-refractivity contribution in [1.82, 2.24) is 5.32 Å². The first-order chi connectivity index (χ1) is 9.08. The topological polar surface area (TPSA) is 58.6 Å². The van der Waals surface area contributed by atoms with Crippen LogP contribution in [0.3, 0.4) is 0 Å². The van der Waals surface area contributed by atoms with Crippen LogP contribution < -0.4 is 10.1 Å². The standard InChI is InChI=1S/C14H19NO3S/c1-8-4-5-11(19-3)12(13(8)18-2)10-6-9(7-15-10)14(16)17/h4-5,9-10,15H,6-7H2,1-3H3,(H,16,17). The van der Waals surface area contributed by atoms with E-state index in [9.17, 15) is 4.79 Å². The first-order valence-corrected chi connectivity index (χ1v) is 7.48. The molecule has 1 saturated heterocycles. The summed E-state index contributed by atoms with van der Waals surface area (Å²) >= 11 is 1.66. The van der Waals surface area contributed by atoms with E-state index in [0.717, 1.165) is 21.8 Å². The molecule has 1 fully saturated rings. The lowest BCUT2D eigenvalue weighted by Crippen LogP contribution is -2.18. The quantitative estimate of drug-likeness (QED) is 0.830. The van der Waals surface area contributed by atoms with Crippen LogP contribution in [0.1, 0.15) is 23.6 Å². The zero-order valence-electron chi connectivity index (χ0n) is 11.4. The molecule has 0 saturated carbocycles. The van der Waals surface area contributed by atoms with Crippen LogP contribution in [0.2, 0.25) is 0 Å². The largest absolute Gasteiger partial charge is 0.496 e. The predicted octanol–water partition coefficient (Wildman–Crippen LogP) is 2.46. The highest BCUT2D eigenvalue weighted by atomic mass is 32.2. The maximum atomic E-state index is 11.1. The second-order valence-corrected chi connectivity index (χ2v) is 5.61. The van der Waals surface area contributed by atoms with Crippen molar-refractivity contribution in [2.75, 3.05) is 19.9 Å². The number of ether oxygens (including phenoxy) is 1. The van der Waals surface area contributed by atoms with E-state index >= 15 is 0 Å². The summed E-state index contributed by atoms with van der Waals surface area (Å²) in [5.74, 6) is -0.173. The lowest BCUT2D eigenvalue weighted by Gasteiger charge is -2.20. The first-order valence-electron chi connectivity index (χ1n) is 6.26. The summed E-state index contributed by atoms with van der Waals surface area (Å²) in [5.41, 5.74) is 2.18. The molecule has 1 aromatic rings. The van der Waals surface area contributed by atoms with Gasteiger partial charge in [-0.05, 0) is 31.2 Å². The van der Waals surface area contributed by atoms with Gasteiger partial charge < -0.3 is 15.2 Å². The number of thioether (sulfide) groups is 1. The van der Waals surface area contributed by atoms with Crippen LogP contribution in [0.15, 0.2) is 17.0 Å². The van der Waals surface area contributed by atoms with Gasteiger partial charge in [0.05, 0.1) is 13.0 Å². The van der Waals surface area contributed by atoms with E-state index in [2.05, 4.69) is 11.4 Å². The molecule has 2 rings (SSSR count). The Morgan fingerprint density at radius 3 is 2.79 bits per heavy atom. The van der Waals surface area contributed by atoms with Gasteiger partial charge in [0.25, 0.3) is 0 Å². The summed E-state index contributed by atoms with van der Waals surface area (Å²) in [6.45, 7) is 2.53. The van der Waals surface area contributed by atoms with Gasteiger partial charge in [0, 0.05) is 23.0 Å². The zero-order valence-corrected chi connectivity index (χ0v) is 12.2. The van der Waals surface area contributed by atoms with Gasteiger partial charge in [-0.15, -0.1) is 11.8 Å². The van der Waals surface area contributed by atoms with Crippen LogP contribution >= 0.6 is 11.8 Å². The molecule has 0 bridgehead atoms. The van der Waals surface area contributed by atoms with Crippen molar-refractivity contribution in [2.24, 2.45) is 5.92 Å². The van der Waals surface area contributed by atoms with Gasteiger partial charge in [-0.25, -0.2) is 0 Å². The van der Waals surface area contributed by atoms with Crippen molar-refractivity contribution in [3.05, 3.63) is 23.3 Å². The molecule has 0 radical (unpaired) electrons. The average molecular weight is 281 g/mol. The minimum atomic E-state index is -0.729. The number of hydrogen-bond acceptors (Lipinski definition) is 4. The third-order valence-corrected chi connectivity index (χ3v) is 4.40. The monoisotopic (exact) mass is 281 g/mol. The van der Waals surface area contributed by atoms with E-state index in [-0.39, 0.29) is 12.0 Å². The van der Waals surface area contributed by atoms with Crippen molar-refractivity contribution < 1.29 is 14.6 Å². The molecular weight excluding hydrogens is 262 g/mol. The van der Waals surface area contributed by atoms with Gasteiger partial charge in [-0.1, -0.05) is 6.07 Å². The summed E-state index contributed by atoms with van der Waals surface area (Å²) in [4.78, 5) is 12.2. The molecule has 2 atom stereocenters. The van der Waals surface area contributed by atoms with Gasteiger partial charge in [0.1, 0.15) is 5.75 Å². The molecule has 19 heavy (non-hydrogen) atoms. The number of carboxylic acids is 1. The summed E-state index contributed by atoms with van der Waals surface area (Å²) in [7, 11) is 1.67. The molecule has 1 aliphatic rings. The third kappa shape index (κ3) is 2.72. The van der Waals surface area contributed by atoms with E-state index in [4.69, 9.17) is 9.84 Å². The maximum Gasteiger partial charge on any atom is 0.307 e. The van der Waals surface area contributed by atoms with Crippen LogP contribution in [0.25, 0.3) is 0 Å². The molecule has 0 aromatic heterocycles. The average Bonchev–Trinajstić information content (AvgIpc) is 2.87. The second-order valence-electron chi connectivity index (χ2n) is 4.76. The van der Waals surface area contributed by atoms with E-state index in [0.29, 0.717) is 13.0 Å². The number of rotatable bonds is 4.